The first-order valence-corrected chi connectivity index (χ1v) is 20.3. The predicted molar refractivity (Wildman–Crippen MR) is 240 cm³/mol. The van der Waals surface area contributed by atoms with Gasteiger partial charge in [-0.05, 0) is 45.8 Å². The van der Waals surface area contributed by atoms with Crippen molar-refractivity contribution in [2.24, 2.45) is 0 Å². The average Bonchev–Trinajstić information content (AvgIpc) is 3.32. The SMILES string of the molecule is c1ccc2c(Oc3nc(Oc4cccc5ccccc45)nc(N4CCN(c5nc(Oc6cccc7ccccc67)nc(Oc6cccc7ccccc67)n5)CC4)n3)cccc2c1. The maximum atomic E-state index is 6.42. The van der Waals surface area contributed by atoms with Crippen LogP contribution in [0.2, 0.25) is 0 Å². The zero-order valence-electron chi connectivity index (χ0n) is 33.2. The Kier molecular flexibility index (Phi) is 9.46. The van der Waals surface area contributed by atoms with Crippen molar-refractivity contribution in [1.82, 2.24) is 29.9 Å². The molecule has 0 saturated carbocycles. The number of anilines is 2. The molecule has 12 nitrogen and oxygen atoms in total. The summed E-state index contributed by atoms with van der Waals surface area (Å²) in [6.07, 6.45) is 0. The molecular weight excluding hydrogens is 777 g/mol. The summed E-state index contributed by atoms with van der Waals surface area (Å²) in [6, 6.07) is 56.2. The van der Waals surface area contributed by atoms with E-state index in [0.717, 1.165) is 43.1 Å². The van der Waals surface area contributed by atoms with Gasteiger partial charge in [-0.15, -0.1) is 9.97 Å². The summed E-state index contributed by atoms with van der Waals surface area (Å²) in [5.41, 5.74) is 0. The van der Waals surface area contributed by atoms with Gasteiger partial charge >= 0.3 is 24.0 Å². The van der Waals surface area contributed by atoms with Gasteiger partial charge < -0.3 is 28.7 Å². The molecule has 62 heavy (non-hydrogen) atoms. The van der Waals surface area contributed by atoms with Crippen LogP contribution in [0.3, 0.4) is 0 Å². The van der Waals surface area contributed by atoms with Crippen LogP contribution in [0.5, 0.6) is 47.0 Å². The van der Waals surface area contributed by atoms with Crippen LogP contribution >= 0.6 is 0 Å². The monoisotopic (exact) mass is 812 g/mol. The van der Waals surface area contributed by atoms with Crippen LogP contribution in [0.25, 0.3) is 43.1 Å². The normalized spacial score (nSPS) is 12.8. The fraction of sp³-hybridized carbons (Fsp3) is 0.0800. The van der Waals surface area contributed by atoms with E-state index in [1.807, 2.05) is 170 Å². The molecule has 0 atom stereocenters. The lowest BCUT2D eigenvalue weighted by Gasteiger charge is -2.34. The lowest BCUT2D eigenvalue weighted by Crippen LogP contribution is -2.47. The molecule has 8 aromatic carbocycles. The number of piperazine rings is 1. The summed E-state index contributed by atoms with van der Waals surface area (Å²) >= 11 is 0. The number of nitrogens with zero attached hydrogens (tertiary/aromatic N) is 8. The van der Waals surface area contributed by atoms with Crippen molar-refractivity contribution in [2.75, 3.05) is 36.0 Å². The summed E-state index contributed by atoms with van der Waals surface area (Å²) in [6.45, 7) is 2.10. The van der Waals surface area contributed by atoms with E-state index in [2.05, 4.69) is 19.8 Å². The van der Waals surface area contributed by atoms with Gasteiger partial charge in [-0.3, -0.25) is 0 Å². The number of rotatable bonds is 10. The lowest BCUT2D eigenvalue weighted by molar-refractivity contribution is 0.397. The van der Waals surface area contributed by atoms with E-state index in [4.69, 9.17) is 38.9 Å². The van der Waals surface area contributed by atoms with Gasteiger partial charge in [-0.1, -0.05) is 146 Å². The Bertz CT molecular complexity index is 2830. The molecule has 0 spiro atoms. The van der Waals surface area contributed by atoms with Gasteiger partial charge in [0, 0.05) is 47.7 Å². The van der Waals surface area contributed by atoms with Crippen LogP contribution in [-0.2, 0) is 0 Å². The summed E-state index contributed by atoms with van der Waals surface area (Å²) < 4.78 is 25.7. The molecule has 0 aliphatic carbocycles. The van der Waals surface area contributed by atoms with E-state index in [9.17, 15) is 0 Å². The average molecular weight is 813 g/mol. The second-order valence-electron chi connectivity index (χ2n) is 14.7. The molecule has 0 bridgehead atoms. The van der Waals surface area contributed by atoms with Crippen molar-refractivity contribution in [1.29, 1.82) is 0 Å². The zero-order chi connectivity index (χ0) is 41.2. The van der Waals surface area contributed by atoms with Gasteiger partial charge in [-0.2, -0.15) is 19.9 Å². The maximum Gasteiger partial charge on any atom is 0.330 e. The quantitative estimate of drug-likeness (QED) is 0.131. The van der Waals surface area contributed by atoms with Crippen molar-refractivity contribution in [3.8, 4) is 47.0 Å². The van der Waals surface area contributed by atoms with Crippen molar-refractivity contribution < 1.29 is 18.9 Å². The van der Waals surface area contributed by atoms with Gasteiger partial charge in [0.2, 0.25) is 11.9 Å². The van der Waals surface area contributed by atoms with Gasteiger partial charge in [0.25, 0.3) is 0 Å². The van der Waals surface area contributed by atoms with Crippen LogP contribution in [0.1, 0.15) is 0 Å². The number of hydrogen-bond donors (Lipinski definition) is 0. The van der Waals surface area contributed by atoms with E-state index in [1.54, 1.807) is 0 Å². The number of ether oxygens (including phenoxy) is 4. The Labute approximate surface area is 355 Å². The number of hydrogen-bond acceptors (Lipinski definition) is 12. The summed E-state index contributed by atoms with van der Waals surface area (Å²) in [4.78, 5) is 32.8. The topological polar surface area (TPSA) is 121 Å². The van der Waals surface area contributed by atoms with E-state index in [0.29, 0.717) is 61.1 Å². The number of aromatic nitrogens is 6. The van der Waals surface area contributed by atoms with Crippen molar-refractivity contribution in [3.63, 3.8) is 0 Å². The summed E-state index contributed by atoms with van der Waals surface area (Å²) in [5, 5.41) is 7.91. The highest BCUT2D eigenvalue weighted by molar-refractivity contribution is 5.90. The molecule has 0 unspecified atom stereocenters. The van der Waals surface area contributed by atoms with E-state index in [1.165, 1.54) is 0 Å². The molecule has 1 aliphatic heterocycles. The standard InChI is InChI=1S/C50H36N8O4/c1-5-21-37-33(13-1)17-9-25-41(37)59-47-51-45(52-48(55-47)60-42-26-10-18-34-14-2-6-22-38(34)42)57-29-31-58(32-30-57)46-53-49(61-43-27-11-19-35-15-3-7-23-39(35)43)56-50(54-46)62-44-28-12-20-36-16-4-8-24-40(36)44/h1-28H,29-32H2. The second kappa shape index (κ2) is 16.0. The molecule has 0 radical (unpaired) electrons. The summed E-state index contributed by atoms with van der Waals surface area (Å²) in [5.74, 6) is 3.33. The molecular formula is C50H36N8O4. The largest absolute Gasteiger partial charge is 0.423 e. The number of benzene rings is 8. The van der Waals surface area contributed by atoms with Gasteiger partial charge in [0.05, 0.1) is 0 Å². The van der Waals surface area contributed by atoms with Crippen LogP contribution in [0.4, 0.5) is 11.9 Å². The van der Waals surface area contributed by atoms with Crippen LogP contribution in [0.15, 0.2) is 170 Å². The highest BCUT2D eigenvalue weighted by Crippen LogP contribution is 2.35. The minimum Gasteiger partial charge on any atom is -0.423 e. The van der Waals surface area contributed by atoms with Crippen LogP contribution < -0.4 is 28.7 Å². The molecule has 1 aliphatic rings. The highest BCUT2D eigenvalue weighted by Gasteiger charge is 2.26. The van der Waals surface area contributed by atoms with E-state index >= 15 is 0 Å². The molecule has 1 saturated heterocycles. The smallest absolute Gasteiger partial charge is 0.330 e. The molecule has 300 valence electrons. The van der Waals surface area contributed by atoms with Crippen LogP contribution in [-0.4, -0.2) is 56.1 Å². The minimum absolute atomic E-state index is 0.118. The van der Waals surface area contributed by atoms with E-state index < -0.39 is 0 Å². The van der Waals surface area contributed by atoms with Gasteiger partial charge in [0.15, 0.2) is 0 Å². The Hall–Kier alpha value is -8.38. The Morgan fingerprint density at radius 3 is 0.790 bits per heavy atom. The van der Waals surface area contributed by atoms with Crippen molar-refractivity contribution >= 4 is 55.0 Å². The van der Waals surface area contributed by atoms with Crippen molar-refractivity contribution in [2.45, 2.75) is 0 Å². The third-order valence-corrected chi connectivity index (χ3v) is 10.8. The van der Waals surface area contributed by atoms with Crippen LogP contribution in [0, 0.1) is 0 Å². The van der Waals surface area contributed by atoms with Crippen molar-refractivity contribution in [3.05, 3.63) is 170 Å². The fourth-order valence-electron chi connectivity index (χ4n) is 7.76. The molecule has 10 aromatic rings. The highest BCUT2D eigenvalue weighted by atomic mass is 16.5. The molecule has 12 heteroatoms. The third kappa shape index (κ3) is 7.41. The first kappa shape index (κ1) is 36.7. The molecule has 1 fully saturated rings. The van der Waals surface area contributed by atoms with E-state index in [-0.39, 0.29) is 24.0 Å². The lowest BCUT2D eigenvalue weighted by atomic mass is 10.1. The molecule has 3 heterocycles. The molecule has 11 rings (SSSR count). The Morgan fingerprint density at radius 2 is 0.516 bits per heavy atom. The molecule has 0 N–H and O–H groups in total. The first-order valence-electron chi connectivity index (χ1n) is 20.3. The first-order chi connectivity index (χ1) is 30.7. The fourth-order valence-corrected chi connectivity index (χ4v) is 7.76. The Morgan fingerprint density at radius 1 is 0.274 bits per heavy atom. The minimum atomic E-state index is 0.118. The van der Waals surface area contributed by atoms with Gasteiger partial charge in [-0.25, -0.2) is 0 Å². The molecule has 0 amide bonds. The predicted octanol–water partition coefficient (Wildman–Crippen LogP) is 11.2. The number of fused-ring (bicyclic) bond motifs is 4. The Balaban J connectivity index is 0.910. The zero-order valence-corrected chi connectivity index (χ0v) is 33.2. The second-order valence-corrected chi connectivity index (χ2v) is 14.7. The maximum absolute atomic E-state index is 6.42. The summed E-state index contributed by atoms with van der Waals surface area (Å²) in [7, 11) is 0. The van der Waals surface area contributed by atoms with Gasteiger partial charge in [0.1, 0.15) is 23.0 Å². The molecule has 2 aromatic heterocycles. The third-order valence-electron chi connectivity index (χ3n) is 10.8.